The number of nitrogens with one attached hydrogen (secondary N) is 2. The lowest BCUT2D eigenvalue weighted by molar-refractivity contribution is -0.119. The van der Waals surface area contributed by atoms with Gasteiger partial charge in [0, 0.05) is 45.5 Å². The molecule has 1 aromatic carbocycles. The van der Waals surface area contributed by atoms with Crippen LogP contribution in [-0.4, -0.2) is 58.4 Å². The largest absolute Gasteiger partial charge is 0.382 e. The second kappa shape index (κ2) is 13.1. The second-order valence-electron chi connectivity index (χ2n) is 6.75. The van der Waals surface area contributed by atoms with Gasteiger partial charge >= 0.3 is 0 Å². The van der Waals surface area contributed by atoms with Gasteiger partial charge in [0.05, 0.1) is 19.8 Å². The summed E-state index contributed by atoms with van der Waals surface area (Å²) in [7, 11) is 1.67. The molecule has 0 radical (unpaired) electrons. The lowest BCUT2D eigenvalue weighted by atomic mass is 10.1. The summed E-state index contributed by atoms with van der Waals surface area (Å²) in [5, 5.41) is 6.58. The minimum atomic E-state index is 0.224. The highest BCUT2D eigenvalue weighted by molar-refractivity contribution is 5.93. The van der Waals surface area contributed by atoms with Crippen LogP contribution in [0.4, 0.5) is 5.69 Å². The maximum atomic E-state index is 12.0. The molecular formula is C21H34N4O3. The molecule has 1 fully saturated rings. The summed E-state index contributed by atoms with van der Waals surface area (Å²) in [6, 6.07) is 8.14. The van der Waals surface area contributed by atoms with E-state index in [-0.39, 0.29) is 5.91 Å². The van der Waals surface area contributed by atoms with Gasteiger partial charge < -0.3 is 25.0 Å². The SMILES string of the molecule is CCNC(=NCc1ccc(N2CCCCC2=O)cc1)NCCCOCCOC. The third-order valence-electron chi connectivity index (χ3n) is 4.53. The van der Waals surface area contributed by atoms with E-state index in [1.54, 1.807) is 7.11 Å². The van der Waals surface area contributed by atoms with E-state index in [1.807, 2.05) is 29.2 Å². The van der Waals surface area contributed by atoms with E-state index in [0.29, 0.717) is 32.8 Å². The first-order chi connectivity index (χ1) is 13.7. The summed E-state index contributed by atoms with van der Waals surface area (Å²) in [4.78, 5) is 18.6. The van der Waals surface area contributed by atoms with Crippen molar-refractivity contribution < 1.29 is 14.3 Å². The van der Waals surface area contributed by atoms with Crippen molar-refractivity contribution in [2.75, 3.05) is 51.5 Å². The summed E-state index contributed by atoms with van der Waals surface area (Å²) in [5.41, 5.74) is 2.10. The van der Waals surface area contributed by atoms with Crippen molar-refractivity contribution in [2.24, 2.45) is 4.99 Å². The van der Waals surface area contributed by atoms with Gasteiger partial charge in [-0.05, 0) is 43.9 Å². The van der Waals surface area contributed by atoms with Crippen LogP contribution in [0, 0.1) is 0 Å². The van der Waals surface area contributed by atoms with Crippen molar-refractivity contribution in [1.29, 1.82) is 0 Å². The lowest BCUT2D eigenvalue weighted by Gasteiger charge is -2.26. The molecule has 1 heterocycles. The van der Waals surface area contributed by atoms with E-state index in [0.717, 1.165) is 56.1 Å². The first-order valence-corrected chi connectivity index (χ1v) is 10.2. The van der Waals surface area contributed by atoms with Crippen LogP contribution in [0.1, 0.15) is 38.2 Å². The van der Waals surface area contributed by atoms with Crippen LogP contribution in [0.2, 0.25) is 0 Å². The highest BCUT2D eigenvalue weighted by Gasteiger charge is 2.19. The second-order valence-corrected chi connectivity index (χ2v) is 6.75. The quantitative estimate of drug-likeness (QED) is 0.345. The molecule has 0 atom stereocenters. The molecule has 0 unspecified atom stereocenters. The van der Waals surface area contributed by atoms with Crippen LogP contribution in [0.25, 0.3) is 0 Å². The van der Waals surface area contributed by atoms with Gasteiger partial charge in [-0.15, -0.1) is 0 Å². The molecule has 1 aliphatic rings. The number of guanidine groups is 1. The Hall–Kier alpha value is -2.12. The third-order valence-corrected chi connectivity index (χ3v) is 4.53. The van der Waals surface area contributed by atoms with Crippen LogP contribution in [0.5, 0.6) is 0 Å². The normalized spacial score (nSPS) is 15.0. The number of ether oxygens (including phenoxy) is 2. The smallest absolute Gasteiger partial charge is 0.226 e. The number of benzene rings is 1. The maximum absolute atomic E-state index is 12.0. The molecule has 1 amide bonds. The number of amides is 1. The lowest BCUT2D eigenvalue weighted by Crippen LogP contribution is -2.38. The molecule has 2 N–H and O–H groups in total. The van der Waals surface area contributed by atoms with Crippen LogP contribution in [0.3, 0.4) is 0 Å². The van der Waals surface area contributed by atoms with Gasteiger partial charge in [0.2, 0.25) is 5.91 Å². The average molecular weight is 391 g/mol. The Bertz CT molecular complexity index is 604. The van der Waals surface area contributed by atoms with Crippen LogP contribution >= 0.6 is 0 Å². The zero-order valence-electron chi connectivity index (χ0n) is 17.2. The highest BCUT2D eigenvalue weighted by atomic mass is 16.5. The van der Waals surface area contributed by atoms with E-state index in [2.05, 4.69) is 22.5 Å². The zero-order chi connectivity index (χ0) is 20.0. The summed E-state index contributed by atoms with van der Waals surface area (Å²) >= 11 is 0. The number of rotatable bonds is 11. The number of hydrogen-bond donors (Lipinski definition) is 2. The van der Waals surface area contributed by atoms with Gasteiger partial charge in [0.25, 0.3) is 0 Å². The molecule has 28 heavy (non-hydrogen) atoms. The molecule has 0 spiro atoms. The summed E-state index contributed by atoms with van der Waals surface area (Å²) in [6.07, 6.45) is 3.64. The Kier molecular flexibility index (Phi) is 10.4. The Morgan fingerprint density at radius 2 is 1.96 bits per heavy atom. The Labute approximate surface area is 168 Å². The van der Waals surface area contributed by atoms with Gasteiger partial charge in [0.15, 0.2) is 5.96 Å². The Morgan fingerprint density at radius 1 is 1.14 bits per heavy atom. The standard InChI is InChI=1S/C21H34N4O3/c1-3-22-21(23-12-6-14-28-16-15-27-2)24-17-18-8-10-19(11-9-18)25-13-5-4-7-20(25)26/h8-11H,3-7,12-17H2,1-2H3,(H2,22,23,24). The van der Waals surface area contributed by atoms with Gasteiger partial charge in [0.1, 0.15) is 0 Å². The highest BCUT2D eigenvalue weighted by Crippen LogP contribution is 2.21. The maximum Gasteiger partial charge on any atom is 0.226 e. The fourth-order valence-corrected chi connectivity index (χ4v) is 3.00. The summed E-state index contributed by atoms with van der Waals surface area (Å²) in [5.74, 6) is 1.02. The summed E-state index contributed by atoms with van der Waals surface area (Å²) < 4.78 is 10.4. The fourth-order valence-electron chi connectivity index (χ4n) is 3.00. The number of piperidine rings is 1. The van der Waals surface area contributed by atoms with E-state index in [1.165, 1.54) is 0 Å². The number of anilines is 1. The zero-order valence-corrected chi connectivity index (χ0v) is 17.2. The molecule has 0 aromatic heterocycles. The first kappa shape index (κ1) is 22.2. The predicted molar refractivity (Wildman–Crippen MR) is 113 cm³/mol. The molecule has 7 heteroatoms. The Morgan fingerprint density at radius 3 is 2.68 bits per heavy atom. The van der Waals surface area contributed by atoms with Crippen molar-refractivity contribution >= 4 is 17.6 Å². The van der Waals surface area contributed by atoms with Gasteiger partial charge in [-0.25, -0.2) is 4.99 Å². The van der Waals surface area contributed by atoms with Crippen molar-refractivity contribution in [3.05, 3.63) is 29.8 Å². The molecule has 2 rings (SSSR count). The van der Waals surface area contributed by atoms with Crippen LogP contribution in [-0.2, 0) is 20.8 Å². The number of carbonyl (C=O) groups excluding carboxylic acids is 1. The van der Waals surface area contributed by atoms with Gasteiger partial charge in [-0.3, -0.25) is 4.79 Å². The van der Waals surface area contributed by atoms with E-state index >= 15 is 0 Å². The number of aliphatic imine (C=N–C) groups is 1. The van der Waals surface area contributed by atoms with Crippen LogP contribution < -0.4 is 15.5 Å². The number of methoxy groups -OCH3 is 1. The van der Waals surface area contributed by atoms with Crippen molar-refractivity contribution in [1.82, 2.24) is 10.6 Å². The molecule has 1 aromatic rings. The van der Waals surface area contributed by atoms with Gasteiger partial charge in [-0.2, -0.15) is 0 Å². The average Bonchev–Trinajstić information content (AvgIpc) is 2.72. The minimum absolute atomic E-state index is 0.224. The molecule has 156 valence electrons. The van der Waals surface area contributed by atoms with Crippen molar-refractivity contribution in [2.45, 2.75) is 39.2 Å². The monoisotopic (exact) mass is 390 g/mol. The van der Waals surface area contributed by atoms with E-state index in [4.69, 9.17) is 9.47 Å². The van der Waals surface area contributed by atoms with Crippen molar-refractivity contribution in [3.8, 4) is 0 Å². The van der Waals surface area contributed by atoms with Crippen LogP contribution in [0.15, 0.2) is 29.3 Å². The molecule has 1 aliphatic heterocycles. The third kappa shape index (κ3) is 7.86. The number of nitrogens with zero attached hydrogens (tertiary/aromatic N) is 2. The number of carbonyl (C=O) groups is 1. The van der Waals surface area contributed by atoms with Gasteiger partial charge in [-0.1, -0.05) is 12.1 Å². The van der Waals surface area contributed by atoms with Crippen molar-refractivity contribution in [3.63, 3.8) is 0 Å². The fraction of sp³-hybridized carbons (Fsp3) is 0.619. The summed E-state index contributed by atoms with van der Waals surface area (Å²) in [6.45, 7) is 7.03. The Balaban J connectivity index is 1.78. The molecular weight excluding hydrogens is 356 g/mol. The van der Waals surface area contributed by atoms with E-state index in [9.17, 15) is 4.79 Å². The minimum Gasteiger partial charge on any atom is -0.382 e. The number of hydrogen-bond acceptors (Lipinski definition) is 4. The molecule has 0 saturated carbocycles. The molecule has 1 saturated heterocycles. The first-order valence-electron chi connectivity index (χ1n) is 10.2. The predicted octanol–water partition coefficient (Wildman–Crippen LogP) is 2.31. The molecule has 7 nitrogen and oxygen atoms in total. The topological polar surface area (TPSA) is 75.2 Å². The molecule has 0 bridgehead atoms. The molecule has 0 aliphatic carbocycles. The van der Waals surface area contributed by atoms with E-state index < -0.39 is 0 Å².